The van der Waals surface area contributed by atoms with Crippen molar-refractivity contribution in [3.05, 3.63) is 75.7 Å². The van der Waals surface area contributed by atoms with E-state index in [9.17, 15) is 9.90 Å². The smallest absolute Gasteiger partial charge is 0.267 e. The van der Waals surface area contributed by atoms with Crippen molar-refractivity contribution in [2.45, 2.75) is 31.6 Å². The van der Waals surface area contributed by atoms with Crippen molar-refractivity contribution in [3.63, 3.8) is 0 Å². The second kappa shape index (κ2) is 5.49. The molecule has 2 aliphatic rings. The first-order valence-electron chi connectivity index (χ1n) is 9.32. The summed E-state index contributed by atoms with van der Waals surface area (Å²) in [5.41, 5.74) is 4.54. The summed E-state index contributed by atoms with van der Waals surface area (Å²) in [5, 5.41) is 11.1. The molecule has 0 unspecified atom stereocenters. The van der Waals surface area contributed by atoms with E-state index in [0.29, 0.717) is 5.56 Å². The minimum Gasteiger partial charge on any atom is -0.507 e. The Hall–Kier alpha value is -3.01. The maximum atomic E-state index is 13.6. The lowest BCUT2D eigenvalue weighted by Gasteiger charge is -2.33. The van der Waals surface area contributed by atoms with E-state index in [1.807, 2.05) is 53.1 Å². The summed E-state index contributed by atoms with van der Waals surface area (Å²) >= 11 is 0. The quantitative estimate of drug-likeness (QED) is 0.747. The third-order valence-corrected chi connectivity index (χ3v) is 6.18. The predicted octanol–water partition coefficient (Wildman–Crippen LogP) is 4.17. The SMILES string of the molecule is COc1ccc2c(c1)[C@@]1(C)CCCc3c(O)c(-c4ccccc4)c(=O)n-2c31. The van der Waals surface area contributed by atoms with E-state index < -0.39 is 0 Å². The summed E-state index contributed by atoms with van der Waals surface area (Å²) in [4.78, 5) is 13.6. The molecular formula is C23H21NO3. The number of nitrogens with zero attached hydrogens (tertiary/aromatic N) is 1. The Kier molecular flexibility index (Phi) is 3.29. The van der Waals surface area contributed by atoms with E-state index in [4.69, 9.17) is 4.74 Å². The Morgan fingerprint density at radius 1 is 1.15 bits per heavy atom. The number of methoxy groups -OCH3 is 1. The molecule has 2 heterocycles. The lowest BCUT2D eigenvalue weighted by Crippen LogP contribution is -2.31. The molecule has 4 nitrogen and oxygen atoms in total. The molecule has 0 saturated heterocycles. The van der Waals surface area contributed by atoms with Crippen molar-refractivity contribution >= 4 is 0 Å². The molecule has 3 aromatic rings. The van der Waals surface area contributed by atoms with E-state index in [1.165, 1.54) is 0 Å². The average Bonchev–Trinajstić information content (AvgIpc) is 2.96. The van der Waals surface area contributed by atoms with Crippen LogP contribution in [0.25, 0.3) is 16.8 Å². The highest BCUT2D eigenvalue weighted by Crippen LogP contribution is 2.52. The van der Waals surface area contributed by atoms with Gasteiger partial charge in [-0.1, -0.05) is 30.3 Å². The van der Waals surface area contributed by atoms with Gasteiger partial charge in [-0.2, -0.15) is 0 Å². The van der Waals surface area contributed by atoms with Gasteiger partial charge in [-0.15, -0.1) is 0 Å². The lowest BCUT2D eigenvalue weighted by molar-refractivity contribution is 0.408. The van der Waals surface area contributed by atoms with Gasteiger partial charge >= 0.3 is 0 Å². The molecule has 5 rings (SSSR count). The van der Waals surface area contributed by atoms with Crippen LogP contribution < -0.4 is 10.3 Å². The maximum Gasteiger partial charge on any atom is 0.267 e. The van der Waals surface area contributed by atoms with Gasteiger partial charge in [0.05, 0.1) is 18.4 Å². The van der Waals surface area contributed by atoms with Gasteiger partial charge in [0.2, 0.25) is 0 Å². The molecule has 0 fully saturated rings. The second-order valence-electron chi connectivity index (χ2n) is 7.63. The number of pyridine rings is 1. The van der Waals surface area contributed by atoms with E-state index >= 15 is 0 Å². The largest absolute Gasteiger partial charge is 0.507 e. The standard InChI is InChI=1S/C23H21NO3/c1-23-12-6-9-16-20(25)19(14-7-4-3-5-8-14)22(26)24(21(16)23)18-11-10-15(27-2)13-17(18)23/h3-5,7-8,10-11,13,25H,6,9,12H2,1-2H3/t23-/m1/s1. The van der Waals surface area contributed by atoms with E-state index in [2.05, 4.69) is 6.92 Å². The normalized spacial score (nSPS) is 19.5. The molecule has 1 aliphatic carbocycles. The lowest BCUT2D eigenvalue weighted by atomic mass is 9.71. The highest BCUT2D eigenvalue weighted by molar-refractivity contribution is 5.75. The molecule has 0 radical (unpaired) electrons. The fourth-order valence-corrected chi connectivity index (χ4v) is 4.90. The Labute approximate surface area is 157 Å². The van der Waals surface area contributed by atoms with Crippen LogP contribution in [0.2, 0.25) is 0 Å². The number of hydrogen-bond donors (Lipinski definition) is 1. The number of hydrogen-bond acceptors (Lipinski definition) is 3. The van der Waals surface area contributed by atoms with Gasteiger partial charge in [-0.3, -0.25) is 9.36 Å². The molecular weight excluding hydrogens is 338 g/mol. The first kappa shape index (κ1) is 16.2. The second-order valence-corrected chi connectivity index (χ2v) is 7.63. The fraction of sp³-hybridized carbons (Fsp3) is 0.261. The van der Waals surface area contributed by atoms with E-state index in [1.54, 1.807) is 7.11 Å². The van der Waals surface area contributed by atoms with Gasteiger partial charge in [0.25, 0.3) is 5.56 Å². The van der Waals surface area contributed by atoms with Crippen LogP contribution in [-0.2, 0) is 11.8 Å². The first-order chi connectivity index (χ1) is 13.1. The van der Waals surface area contributed by atoms with Gasteiger partial charge in [-0.25, -0.2) is 0 Å². The van der Waals surface area contributed by atoms with Crippen LogP contribution in [-0.4, -0.2) is 16.8 Å². The Morgan fingerprint density at radius 3 is 2.67 bits per heavy atom. The topological polar surface area (TPSA) is 51.5 Å². The van der Waals surface area contributed by atoms with Crippen LogP contribution >= 0.6 is 0 Å². The Balaban J connectivity index is 1.92. The van der Waals surface area contributed by atoms with Gasteiger partial charge in [-0.05, 0) is 55.5 Å². The van der Waals surface area contributed by atoms with Crippen LogP contribution in [0.5, 0.6) is 11.5 Å². The number of fused-ring (bicyclic) bond motifs is 3. The highest BCUT2D eigenvalue weighted by Gasteiger charge is 2.46. The van der Waals surface area contributed by atoms with Crippen molar-refractivity contribution in [1.29, 1.82) is 0 Å². The summed E-state index contributed by atoms with van der Waals surface area (Å²) in [7, 11) is 1.66. The van der Waals surface area contributed by atoms with Crippen LogP contribution in [0.3, 0.4) is 0 Å². The van der Waals surface area contributed by atoms with Crippen LogP contribution in [0, 0.1) is 0 Å². The summed E-state index contributed by atoms with van der Waals surface area (Å²) in [6.45, 7) is 2.17. The number of aromatic nitrogens is 1. The number of ether oxygens (including phenoxy) is 1. The fourth-order valence-electron chi connectivity index (χ4n) is 4.90. The molecule has 27 heavy (non-hydrogen) atoms. The third-order valence-electron chi connectivity index (χ3n) is 6.18. The van der Waals surface area contributed by atoms with E-state index in [-0.39, 0.29) is 16.7 Å². The predicted molar refractivity (Wildman–Crippen MR) is 105 cm³/mol. The number of rotatable bonds is 2. The zero-order valence-corrected chi connectivity index (χ0v) is 15.5. The van der Waals surface area contributed by atoms with Crippen molar-refractivity contribution in [3.8, 4) is 28.3 Å². The minimum atomic E-state index is -0.288. The Morgan fingerprint density at radius 2 is 1.93 bits per heavy atom. The Bertz CT molecular complexity index is 1130. The highest BCUT2D eigenvalue weighted by atomic mass is 16.5. The number of benzene rings is 2. The first-order valence-corrected chi connectivity index (χ1v) is 9.32. The molecule has 136 valence electrons. The van der Waals surface area contributed by atoms with Crippen LogP contribution in [0.15, 0.2) is 53.3 Å². The van der Waals surface area contributed by atoms with Crippen molar-refractivity contribution < 1.29 is 9.84 Å². The molecule has 4 heteroatoms. The summed E-state index contributed by atoms with van der Waals surface area (Å²) in [6, 6.07) is 15.3. The van der Waals surface area contributed by atoms with Gasteiger partial charge in [0.15, 0.2) is 0 Å². The molecule has 0 bridgehead atoms. The monoisotopic (exact) mass is 359 g/mol. The zero-order chi connectivity index (χ0) is 18.8. The molecule has 1 aromatic heterocycles. The van der Waals surface area contributed by atoms with Crippen LogP contribution in [0.1, 0.15) is 36.6 Å². The molecule has 1 atom stereocenters. The van der Waals surface area contributed by atoms with Crippen molar-refractivity contribution in [2.24, 2.45) is 0 Å². The van der Waals surface area contributed by atoms with Gasteiger partial charge in [0, 0.05) is 16.7 Å². The summed E-state index contributed by atoms with van der Waals surface area (Å²) < 4.78 is 7.26. The molecule has 1 aliphatic heterocycles. The summed E-state index contributed by atoms with van der Waals surface area (Å²) in [6.07, 6.45) is 2.70. The number of aromatic hydroxyl groups is 1. The van der Waals surface area contributed by atoms with Crippen LogP contribution in [0.4, 0.5) is 0 Å². The molecule has 2 aromatic carbocycles. The van der Waals surface area contributed by atoms with Gasteiger partial charge in [0.1, 0.15) is 11.5 Å². The molecule has 0 amide bonds. The molecule has 0 spiro atoms. The van der Waals surface area contributed by atoms with Gasteiger partial charge < -0.3 is 9.84 Å². The minimum absolute atomic E-state index is 0.142. The molecule has 0 saturated carbocycles. The maximum absolute atomic E-state index is 13.6. The third kappa shape index (κ3) is 2.01. The molecule has 1 N–H and O–H groups in total. The zero-order valence-electron chi connectivity index (χ0n) is 15.5. The van der Waals surface area contributed by atoms with Crippen molar-refractivity contribution in [1.82, 2.24) is 4.57 Å². The van der Waals surface area contributed by atoms with E-state index in [0.717, 1.165) is 53.1 Å². The summed E-state index contributed by atoms with van der Waals surface area (Å²) in [5.74, 6) is 0.929. The van der Waals surface area contributed by atoms with Crippen molar-refractivity contribution in [2.75, 3.05) is 7.11 Å². The average molecular weight is 359 g/mol.